The molecule has 0 radical (unpaired) electrons. The van der Waals surface area contributed by atoms with Gasteiger partial charge in [-0.2, -0.15) is 0 Å². The fraction of sp³-hybridized carbons (Fsp3) is 0.143. The number of benzene rings is 1. The lowest BCUT2D eigenvalue weighted by Crippen LogP contribution is -1.79. The van der Waals surface area contributed by atoms with Gasteiger partial charge in [-0.3, -0.25) is 4.57 Å². The average Bonchev–Trinajstić information content (AvgIpc) is 2.24. The zero-order valence-electron chi connectivity index (χ0n) is 5.91. The first-order valence-electron chi connectivity index (χ1n) is 3.33. The summed E-state index contributed by atoms with van der Waals surface area (Å²) in [5, 5.41) is -0.713. The lowest BCUT2D eigenvalue weighted by atomic mass is 10.2. The van der Waals surface area contributed by atoms with E-state index in [-0.39, 0.29) is 0 Å². The van der Waals surface area contributed by atoms with Crippen molar-refractivity contribution in [3.63, 3.8) is 0 Å². The molecule has 1 aliphatic rings. The molecule has 64 valence electrons. The zero-order valence-corrected chi connectivity index (χ0v) is 8.31. The lowest BCUT2D eigenvalue weighted by Gasteiger charge is -2.03. The molecular weight excluding hydrogens is 218 g/mol. The first-order valence-corrected chi connectivity index (χ1v) is 6.37. The maximum absolute atomic E-state index is 11.4. The molecule has 12 heavy (non-hydrogen) atoms. The van der Waals surface area contributed by atoms with Gasteiger partial charge in [0.2, 0.25) is 0 Å². The van der Waals surface area contributed by atoms with Crippen molar-refractivity contribution in [1.82, 2.24) is 0 Å². The summed E-state index contributed by atoms with van der Waals surface area (Å²) in [5.41, 5.74) is 0.706. The zero-order chi connectivity index (χ0) is 8.77. The van der Waals surface area contributed by atoms with E-state index in [9.17, 15) is 4.57 Å². The van der Waals surface area contributed by atoms with Crippen molar-refractivity contribution in [2.45, 2.75) is 5.12 Å². The number of alkyl halides is 1. The van der Waals surface area contributed by atoms with Crippen LogP contribution in [-0.4, -0.2) is 0 Å². The van der Waals surface area contributed by atoms with E-state index >= 15 is 0 Å². The van der Waals surface area contributed by atoms with Gasteiger partial charge < -0.3 is 4.52 Å². The Kier molecular flexibility index (Phi) is 1.87. The molecule has 1 aromatic carbocycles. The summed E-state index contributed by atoms with van der Waals surface area (Å²) in [7, 11) is 0. The lowest BCUT2D eigenvalue weighted by molar-refractivity contribution is 0.509. The van der Waals surface area contributed by atoms with Gasteiger partial charge in [0.15, 0.2) is 5.12 Å². The molecule has 0 saturated heterocycles. The highest BCUT2D eigenvalue weighted by Crippen LogP contribution is 2.71. The van der Waals surface area contributed by atoms with E-state index < -0.39 is 11.8 Å². The Balaban J connectivity index is 2.57. The van der Waals surface area contributed by atoms with Gasteiger partial charge in [0.1, 0.15) is 5.75 Å². The minimum atomic E-state index is -3.18. The Bertz CT molecular complexity index is 366. The number of fused-ring (bicyclic) bond motifs is 1. The Morgan fingerprint density at radius 1 is 1.42 bits per heavy atom. The molecule has 0 spiro atoms. The van der Waals surface area contributed by atoms with Gasteiger partial charge >= 0.3 is 6.72 Å². The summed E-state index contributed by atoms with van der Waals surface area (Å²) in [5.74, 6) is 0.524. The highest BCUT2D eigenvalue weighted by atomic mass is 35.7. The van der Waals surface area contributed by atoms with Crippen LogP contribution in [0.2, 0.25) is 0 Å². The second kappa shape index (κ2) is 2.66. The van der Waals surface area contributed by atoms with Crippen LogP contribution in [0.5, 0.6) is 5.75 Å². The van der Waals surface area contributed by atoms with Crippen LogP contribution in [-0.2, 0) is 4.57 Å². The van der Waals surface area contributed by atoms with Gasteiger partial charge in [0, 0.05) is 5.56 Å². The number of rotatable bonds is 0. The smallest absolute Gasteiger partial charge is 0.358 e. The van der Waals surface area contributed by atoms with Crippen molar-refractivity contribution in [3.05, 3.63) is 29.8 Å². The van der Waals surface area contributed by atoms with Crippen LogP contribution < -0.4 is 4.52 Å². The van der Waals surface area contributed by atoms with Gasteiger partial charge in [-0.1, -0.05) is 18.2 Å². The molecular formula is C7H5Cl2O2P. The second-order valence-corrected chi connectivity index (χ2v) is 6.38. The van der Waals surface area contributed by atoms with Crippen molar-refractivity contribution >= 4 is 29.6 Å². The summed E-state index contributed by atoms with van der Waals surface area (Å²) in [6, 6.07) is 7.05. The molecule has 5 heteroatoms. The highest BCUT2D eigenvalue weighted by Gasteiger charge is 2.41. The van der Waals surface area contributed by atoms with Crippen LogP contribution in [0, 0.1) is 0 Å². The van der Waals surface area contributed by atoms with Crippen molar-refractivity contribution in [2.24, 2.45) is 0 Å². The third-order valence-corrected chi connectivity index (χ3v) is 5.03. The molecule has 1 aliphatic heterocycles. The van der Waals surface area contributed by atoms with Crippen molar-refractivity contribution in [3.8, 4) is 5.75 Å². The number of hydrogen-bond donors (Lipinski definition) is 0. The van der Waals surface area contributed by atoms with Gasteiger partial charge in [-0.15, -0.1) is 11.6 Å². The van der Waals surface area contributed by atoms with E-state index in [2.05, 4.69) is 0 Å². The van der Waals surface area contributed by atoms with E-state index in [1.807, 2.05) is 0 Å². The van der Waals surface area contributed by atoms with Crippen molar-refractivity contribution in [2.75, 3.05) is 0 Å². The van der Waals surface area contributed by atoms with Crippen LogP contribution in [0.1, 0.15) is 10.7 Å². The largest absolute Gasteiger partial charge is 0.431 e. The molecule has 1 heterocycles. The third-order valence-electron chi connectivity index (χ3n) is 1.67. The average molecular weight is 223 g/mol. The van der Waals surface area contributed by atoms with Crippen molar-refractivity contribution in [1.29, 1.82) is 0 Å². The Hall–Kier alpha value is -0.170. The summed E-state index contributed by atoms with van der Waals surface area (Å²) in [6.07, 6.45) is 0. The highest BCUT2D eigenvalue weighted by molar-refractivity contribution is 7.87. The topological polar surface area (TPSA) is 26.3 Å². The quantitative estimate of drug-likeness (QED) is 0.494. The summed E-state index contributed by atoms with van der Waals surface area (Å²) in [6.45, 7) is -3.18. The van der Waals surface area contributed by atoms with Gasteiger partial charge in [0.25, 0.3) is 0 Å². The minimum Gasteiger partial charge on any atom is -0.431 e. The van der Waals surface area contributed by atoms with Gasteiger partial charge in [0.05, 0.1) is 0 Å². The minimum absolute atomic E-state index is 0.524. The van der Waals surface area contributed by atoms with Crippen LogP contribution in [0.4, 0.5) is 0 Å². The van der Waals surface area contributed by atoms with Crippen LogP contribution in [0.25, 0.3) is 0 Å². The van der Waals surface area contributed by atoms with Crippen LogP contribution in [0.15, 0.2) is 24.3 Å². The summed E-state index contributed by atoms with van der Waals surface area (Å²) < 4.78 is 16.4. The maximum Gasteiger partial charge on any atom is 0.358 e. The fourth-order valence-electron chi connectivity index (χ4n) is 1.11. The number of halogens is 2. The monoisotopic (exact) mass is 222 g/mol. The van der Waals surface area contributed by atoms with E-state index in [1.54, 1.807) is 24.3 Å². The molecule has 2 unspecified atom stereocenters. The van der Waals surface area contributed by atoms with E-state index in [0.717, 1.165) is 0 Å². The predicted octanol–water partition coefficient (Wildman–Crippen LogP) is 3.75. The first-order chi connectivity index (χ1) is 5.61. The Morgan fingerprint density at radius 3 is 2.75 bits per heavy atom. The van der Waals surface area contributed by atoms with E-state index in [1.165, 1.54) is 0 Å². The molecule has 0 bridgehead atoms. The normalized spacial score (nSPS) is 32.7. The number of hydrogen-bond acceptors (Lipinski definition) is 2. The van der Waals surface area contributed by atoms with Crippen molar-refractivity contribution < 1.29 is 9.09 Å². The molecule has 0 aliphatic carbocycles. The van der Waals surface area contributed by atoms with Crippen LogP contribution >= 0.6 is 29.6 Å². The molecule has 1 aromatic rings. The maximum atomic E-state index is 11.4. The molecule has 2 rings (SSSR count). The molecule has 0 saturated carbocycles. The number of para-hydroxylation sites is 1. The van der Waals surface area contributed by atoms with Gasteiger partial charge in [-0.25, -0.2) is 0 Å². The predicted molar refractivity (Wildman–Crippen MR) is 49.1 cm³/mol. The molecule has 2 nitrogen and oxygen atoms in total. The van der Waals surface area contributed by atoms with Gasteiger partial charge in [-0.05, 0) is 17.3 Å². The molecule has 0 amide bonds. The molecule has 2 atom stereocenters. The third kappa shape index (κ3) is 1.15. The first kappa shape index (κ1) is 8.43. The van der Waals surface area contributed by atoms with E-state index in [0.29, 0.717) is 11.3 Å². The summed E-state index contributed by atoms with van der Waals surface area (Å²) >= 11 is 11.4. The Morgan fingerprint density at radius 2 is 2.08 bits per heavy atom. The van der Waals surface area contributed by atoms with E-state index in [4.69, 9.17) is 27.4 Å². The molecule has 0 N–H and O–H groups in total. The molecule has 0 fully saturated rings. The molecule has 0 aromatic heterocycles. The Labute approximate surface area is 79.7 Å². The SMILES string of the molecule is O=P1(Cl)Oc2ccccc2C1Cl. The fourth-order valence-corrected chi connectivity index (χ4v) is 3.02. The standard InChI is InChI=1S/C7H5Cl2O2P/c8-7-5-3-1-2-4-6(5)11-12(7,9)10/h1-4,7H. The second-order valence-electron chi connectivity index (χ2n) is 2.49. The van der Waals surface area contributed by atoms with Crippen LogP contribution in [0.3, 0.4) is 0 Å². The summed E-state index contributed by atoms with van der Waals surface area (Å²) in [4.78, 5) is 0.